The van der Waals surface area contributed by atoms with E-state index in [2.05, 4.69) is 45.3 Å². The predicted octanol–water partition coefficient (Wildman–Crippen LogP) is 3.09. The summed E-state index contributed by atoms with van der Waals surface area (Å²) in [6.45, 7) is 6.21. The van der Waals surface area contributed by atoms with E-state index < -0.39 is 0 Å². The topological polar surface area (TPSA) is 57.6 Å². The minimum Gasteiger partial charge on any atom is -0.342 e. The smallest absolute Gasteiger partial charge is 0.222 e. The number of aliphatic imine (C=N–C) groups is 1. The second-order valence-corrected chi connectivity index (χ2v) is 9.22. The van der Waals surface area contributed by atoms with E-state index in [1.165, 1.54) is 10.9 Å². The van der Waals surface area contributed by atoms with Gasteiger partial charge in [0.05, 0.1) is 5.52 Å². The van der Waals surface area contributed by atoms with E-state index in [0.29, 0.717) is 23.7 Å². The minimum atomic E-state index is 0.359. The molecule has 152 valence electrons. The molecule has 1 amide bonds. The van der Waals surface area contributed by atoms with Crippen molar-refractivity contribution in [2.24, 2.45) is 28.7 Å². The number of likely N-dealkylation sites (tertiary alicyclic amines) is 1. The van der Waals surface area contributed by atoms with Crippen LogP contribution in [0.4, 0.5) is 0 Å². The molecule has 1 aromatic carbocycles. The van der Waals surface area contributed by atoms with Crippen LogP contribution in [-0.2, 0) is 4.79 Å². The van der Waals surface area contributed by atoms with Crippen LogP contribution in [0.2, 0.25) is 0 Å². The zero-order chi connectivity index (χ0) is 20.0. The minimum absolute atomic E-state index is 0.359. The molecule has 1 N–H and O–H groups in total. The number of nitrogens with one attached hydrogen (secondary N) is 1. The van der Waals surface area contributed by atoms with Crippen LogP contribution in [0.5, 0.6) is 0 Å². The first-order valence-electron chi connectivity index (χ1n) is 10.9. The normalized spacial score (nSPS) is 31.4. The first kappa shape index (κ1) is 18.7. The van der Waals surface area contributed by atoms with Crippen molar-refractivity contribution in [2.75, 3.05) is 33.2 Å². The van der Waals surface area contributed by atoms with Gasteiger partial charge in [-0.05, 0) is 54.8 Å². The van der Waals surface area contributed by atoms with Crippen LogP contribution in [0.15, 0.2) is 35.5 Å². The maximum Gasteiger partial charge on any atom is 0.222 e. The van der Waals surface area contributed by atoms with Crippen molar-refractivity contribution in [1.29, 1.82) is 0 Å². The van der Waals surface area contributed by atoms with Crippen molar-refractivity contribution in [3.8, 4) is 0 Å². The molecule has 0 bridgehead atoms. The number of rotatable bonds is 4. The molecule has 2 aromatic rings. The molecule has 5 nitrogen and oxygen atoms in total. The van der Waals surface area contributed by atoms with Crippen LogP contribution >= 0.6 is 0 Å². The maximum atomic E-state index is 13.1. The molecule has 1 aliphatic carbocycles. The fourth-order valence-electron chi connectivity index (χ4n) is 5.78. The fraction of sp³-hybridized carbons (Fsp3) is 0.542. The lowest BCUT2D eigenvalue weighted by Crippen LogP contribution is -2.43. The number of amides is 1. The van der Waals surface area contributed by atoms with Crippen LogP contribution in [0.25, 0.3) is 10.9 Å². The number of hydrogen-bond acceptors (Lipinski definition) is 4. The molecular formula is C24H30N4O. The van der Waals surface area contributed by atoms with Gasteiger partial charge in [0, 0.05) is 55.8 Å². The van der Waals surface area contributed by atoms with Crippen LogP contribution in [-0.4, -0.2) is 55.2 Å². The Morgan fingerprint density at radius 1 is 1.28 bits per heavy atom. The Morgan fingerprint density at radius 2 is 2.10 bits per heavy atom. The molecule has 2 aliphatic heterocycles. The number of benzene rings is 1. The van der Waals surface area contributed by atoms with E-state index in [-0.39, 0.29) is 0 Å². The Bertz CT molecular complexity index is 945. The first-order valence-corrected chi connectivity index (χ1v) is 10.9. The molecule has 0 radical (unpaired) electrons. The predicted molar refractivity (Wildman–Crippen MR) is 116 cm³/mol. The summed E-state index contributed by atoms with van der Waals surface area (Å²) in [5.41, 5.74) is 3.38. The number of fused-ring (bicyclic) bond motifs is 2. The third-order valence-corrected chi connectivity index (χ3v) is 7.23. The molecule has 3 heterocycles. The number of nitrogens with zero attached hydrogens (tertiary/aromatic N) is 3. The molecule has 0 spiro atoms. The van der Waals surface area contributed by atoms with E-state index in [1.54, 1.807) is 7.05 Å². The molecule has 3 fully saturated rings. The Labute approximate surface area is 172 Å². The third kappa shape index (κ3) is 3.46. The zero-order valence-electron chi connectivity index (χ0n) is 17.3. The largest absolute Gasteiger partial charge is 0.342 e. The zero-order valence-corrected chi connectivity index (χ0v) is 17.3. The fourth-order valence-corrected chi connectivity index (χ4v) is 5.78. The number of carbonyl (C=O) groups excluding carboxylic acids is 1. The van der Waals surface area contributed by atoms with Crippen LogP contribution in [0.1, 0.15) is 36.8 Å². The van der Waals surface area contributed by atoms with E-state index >= 15 is 0 Å². The van der Waals surface area contributed by atoms with Gasteiger partial charge in [-0.2, -0.15) is 0 Å². The molecule has 5 atom stereocenters. The van der Waals surface area contributed by atoms with Gasteiger partial charge in [0.25, 0.3) is 0 Å². The van der Waals surface area contributed by atoms with Gasteiger partial charge in [-0.3, -0.25) is 14.8 Å². The molecule has 1 saturated carbocycles. The van der Waals surface area contributed by atoms with E-state index in [9.17, 15) is 4.79 Å². The quantitative estimate of drug-likeness (QED) is 0.816. The maximum absolute atomic E-state index is 13.1. The molecule has 5 heteroatoms. The van der Waals surface area contributed by atoms with Gasteiger partial charge in [-0.25, -0.2) is 0 Å². The lowest BCUT2D eigenvalue weighted by atomic mass is 9.83. The Hall–Kier alpha value is -2.27. The summed E-state index contributed by atoms with van der Waals surface area (Å²) in [6, 6.07) is 8.52. The van der Waals surface area contributed by atoms with E-state index in [1.807, 2.05) is 18.5 Å². The second kappa shape index (κ2) is 7.52. The average Bonchev–Trinajstić information content (AvgIpc) is 3.14. The van der Waals surface area contributed by atoms with Crippen molar-refractivity contribution < 1.29 is 4.79 Å². The summed E-state index contributed by atoms with van der Waals surface area (Å²) >= 11 is 0. The summed E-state index contributed by atoms with van der Waals surface area (Å²) in [6.07, 6.45) is 5.58. The Balaban J connectivity index is 1.38. The van der Waals surface area contributed by atoms with Crippen LogP contribution in [0, 0.1) is 23.7 Å². The molecule has 3 aliphatic rings. The molecule has 1 aromatic heterocycles. The highest BCUT2D eigenvalue weighted by atomic mass is 16.2. The van der Waals surface area contributed by atoms with Crippen molar-refractivity contribution >= 4 is 23.0 Å². The van der Waals surface area contributed by atoms with Crippen molar-refractivity contribution in [2.45, 2.75) is 25.7 Å². The summed E-state index contributed by atoms with van der Waals surface area (Å²) in [5, 5.41) is 4.62. The molecular weight excluding hydrogens is 360 g/mol. The molecule has 5 rings (SSSR count). The van der Waals surface area contributed by atoms with E-state index in [0.717, 1.165) is 61.9 Å². The number of piperidine rings is 2. The van der Waals surface area contributed by atoms with Gasteiger partial charge in [0.15, 0.2) is 0 Å². The van der Waals surface area contributed by atoms with E-state index in [4.69, 9.17) is 0 Å². The summed E-state index contributed by atoms with van der Waals surface area (Å²) in [5.74, 6) is 3.36. The first-order chi connectivity index (χ1) is 14.2. The SMILES string of the molecule is CN=Cc1ccc([C@H]2C[C@@H](C)CN(C(=O)CC3[C@H]4CNC[C@@H]34)C2)c2cccnc12. The standard InChI is InChI=1S/C24H30N4O/c1-15-8-17(14-28(13-15)23(29)9-20-21-11-26-12-22(20)21)18-6-5-16(10-25-2)24-19(18)4-3-7-27-24/h3-7,10,15,17,20-22,26H,8-9,11-14H2,1-2H3/t15-,17+,20?,21-,22+/m1/s1. The van der Waals surface area contributed by atoms with Gasteiger partial charge in [0.2, 0.25) is 5.91 Å². The Morgan fingerprint density at radius 3 is 2.90 bits per heavy atom. The number of aromatic nitrogens is 1. The van der Waals surface area contributed by atoms with Gasteiger partial charge in [-0.15, -0.1) is 0 Å². The summed E-state index contributed by atoms with van der Waals surface area (Å²) in [4.78, 5) is 24.0. The van der Waals surface area contributed by atoms with Crippen LogP contribution < -0.4 is 5.32 Å². The monoisotopic (exact) mass is 390 g/mol. The van der Waals surface area contributed by atoms with Crippen molar-refractivity contribution in [3.63, 3.8) is 0 Å². The lowest BCUT2D eigenvalue weighted by molar-refractivity contribution is -0.133. The molecule has 29 heavy (non-hydrogen) atoms. The highest BCUT2D eigenvalue weighted by Gasteiger charge is 2.53. The summed E-state index contributed by atoms with van der Waals surface area (Å²) < 4.78 is 0. The van der Waals surface area contributed by atoms with Crippen molar-refractivity contribution in [3.05, 3.63) is 41.6 Å². The van der Waals surface area contributed by atoms with Gasteiger partial charge in [-0.1, -0.05) is 25.1 Å². The second-order valence-electron chi connectivity index (χ2n) is 9.22. The number of pyridine rings is 1. The highest BCUT2D eigenvalue weighted by Crippen LogP contribution is 2.51. The number of hydrogen-bond donors (Lipinski definition) is 1. The van der Waals surface area contributed by atoms with Gasteiger partial charge < -0.3 is 10.2 Å². The lowest BCUT2D eigenvalue weighted by Gasteiger charge is -2.37. The average molecular weight is 391 g/mol. The highest BCUT2D eigenvalue weighted by molar-refractivity contribution is 5.99. The summed E-state index contributed by atoms with van der Waals surface area (Å²) in [7, 11) is 1.79. The van der Waals surface area contributed by atoms with Gasteiger partial charge >= 0.3 is 0 Å². The third-order valence-electron chi connectivity index (χ3n) is 7.23. The number of carbonyl (C=O) groups is 1. The van der Waals surface area contributed by atoms with Gasteiger partial charge in [0.1, 0.15) is 0 Å². The molecule has 1 unspecified atom stereocenters. The van der Waals surface area contributed by atoms with Crippen molar-refractivity contribution in [1.82, 2.24) is 15.2 Å². The Kier molecular flexibility index (Phi) is 4.86. The molecule has 2 saturated heterocycles. The van der Waals surface area contributed by atoms with Crippen LogP contribution in [0.3, 0.4) is 0 Å².